The monoisotopic (exact) mass is 729 g/mol. The number of pyridine rings is 1. The summed E-state index contributed by atoms with van der Waals surface area (Å²) in [5.41, 5.74) is 1.16. The van der Waals surface area contributed by atoms with Crippen LogP contribution in [0.1, 0.15) is 66.7 Å². The molecule has 0 amide bonds. The Hall–Kier alpha value is -3.63. The van der Waals surface area contributed by atoms with Crippen LogP contribution < -0.4 is 4.72 Å². The van der Waals surface area contributed by atoms with Gasteiger partial charge < -0.3 is 10.0 Å². The van der Waals surface area contributed by atoms with Crippen LogP contribution in [0.5, 0.6) is 0 Å². The first kappa shape index (κ1) is 32.6. The van der Waals surface area contributed by atoms with Crippen LogP contribution in [0.3, 0.4) is 0 Å². The van der Waals surface area contributed by atoms with Crippen LogP contribution in [0.15, 0.2) is 77.1 Å². The van der Waals surface area contributed by atoms with E-state index in [4.69, 9.17) is 16.6 Å². The fourth-order valence-corrected chi connectivity index (χ4v) is 10.8. The van der Waals surface area contributed by atoms with Gasteiger partial charge in [0.2, 0.25) is 10.0 Å². The van der Waals surface area contributed by atoms with E-state index in [-0.39, 0.29) is 35.5 Å². The molecule has 256 valence electrons. The molecule has 2 N–H and O–H groups in total. The Morgan fingerprint density at radius 1 is 1.08 bits per heavy atom. The first-order valence-corrected chi connectivity index (χ1v) is 18.7. The fourth-order valence-electron chi connectivity index (χ4n) is 8.13. The average Bonchev–Trinajstić information content (AvgIpc) is 3.87. The van der Waals surface area contributed by atoms with Gasteiger partial charge in [0, 0.05) is 64.8 Å². The van der Waals surface area contributed by atoms with Crippen molar-refractivity contribution in [3.63, 3.8) is 0 Å². The maximum absolute atomic E-state index is 14.2. The van der Waals surface area contributed by atoms with Crippen molar-refractivity contribution in [1.29, 1.82) is 0 Å². The minimum absolute atomic E-state index is 0.0971. The van der Waals surface area contributed by atoms with Crippen LogP contribution in [-0.4, -0.2) is 61.8 Å². The SMILES string of the molecule is O=S(=O)(N[C@H]1CC2=C(c3ccn(C(F)F)n3)[C@H](c3ccc(F)cc3Cl)N=C(c3nccs3)N2C1)C1CC2CC[C@@H](C1)C2(O)c1ccccn1. The number of nitrogens with zero attached hydrogens (tertiary/aromatic N) is 6. The van der Waals surface area contributed by atoms with E-state index in [0.29, 0.717) is 63.7 Å². The predicted octanol–water partition coefficient (Wildman–Crippen LogP) is 5.91. The maximum atomic E-state index is 14.2. The second-order valence-electron chi connectivity index (χ2n) is 13.0. The number of hydrogen-bond acceptors (Lipinski definition) is 9. The number of rotatable bonds is 8. The molecule has 3 aromatic heterocycles. The number of amidine groups is 1. The normalized spacial score (nSPS) is 28.3. The highest BCUT2D eigenvalue weighted by Gasteiger charge is 2.57. The molecule has 1 saturated heterocycles. The third-order valence-corrected chi connectivity index (χ3v) is 13.3. The number of thiazole rings is 1. The Morgan fingerprint density at radius 2 is 1.88 bits per heavy atom. The molecule has 4 aromatic rings. The van der Waals surface area contributed by atoms with Gasteiger partial charge in [-0.05, 0) is 67.9 Å². The lowest BCUT2D eigenvalue weighted by Crippen LogP contribution is -2.50. The van der Waals surface area contributed by atoms with Gasteiger partial charge in [-0.3, -0.25) is 9.98 Å². The summed E-state index contributed by atoms with van der Waals surface area (Å²) in [6.45, 7) is -2.68. The Balaban J connectivity index is 1.15. The average molecular weight is 730 g/mol. The molecule has 49 heavy (non-hydrogen) atoms. The van der Waals surface area contributed by atoms with E-state index in [1.807, 2.05) is 11.0 Å². The zero-order valence-corrected chi connectivity index (χ0v) is 28.2. The zero-order chi connectivity index (χ0) is 34.1. The summed E-state index contributed by atoms with van der Waals surface area (Å²) >= 11 is 7.90. The van der Waals surface area contributed by atoms with E-state index < -0.39 is 45.3 Å². The lowest BCUT2D eigenvalue weighted by molar-refractivity contribution is -0.0682. The number of sulfonamides is 1. The standard InChI is InChI=1S/C33H31ClF3N7O3S2/c34-24-15-20(35)6-7-23(24)29-28(25-8-11-44(41-25)32(36)37)26-16-21(17-43(26)30(40-29)31-39-10-12-48-31)42-49(46,47)22-13-18-4-5-19(14-22)33(18,45)27-3-1-2-9-38-27/h1-3,6-12,15,18-19,21-22,29,32,42,45H,4-5,13-14,16-17H2/t18-,19?,21-,22?,29-,33?/m0/s1. The molecular weight excluding hydrogens is 699 g/mol. The summed E-state index contributed by atoms with van der Waals surface area (Å²) in [6, 6.07) is 9.33. The number of aromatic nitrogens is 4. The number of alkyl halides is 2. The summed E-state index contributed by atoms with van der Waals surface area (Å²) in [5.74, 6) is -0.579. The number of halogens is 4. The van der Waals surface area contributed by atoms with E-state index in [1.54, 1.807) is 29.9 Å². The number of nitrogens with one attached hydrogen (secondary N) is 1. The number of benzene rings is 1. The lowest BCUT2D eigenvalue weighted by Gasteiger charge is -2.42. The second kappa shape index (κ2) is 12.3. The van der Waals surface area contributed by atoms with Crippen molar-refractivity contribution in [2.24, 2.45) is 16.8 Å². The fraction of sp³-hybridized carbons (Fsp3) is 0.394. The van der Waals surface area contributed by atoms with Gasteiger partial charge in [0.25, 0.3) is 0 Å². The van der Waals surface area contributed by atoms with Crippen molar-refractivity contribution < 1.29 is 26.7 Å². The van der Waals surface area contributed by atoms with Crippen LogP contribution in [0.4, 0.5) is 13.2 Å². The topological polar surface area (TPSA) is 126 Å². The Kier molecular flexibility index (Phi) is 8.18. The van der Waals surface area contributed by atoms with E-state index in [1.165, 1.54) is 41.8 Å². The van der Waals surface area contributed by atoms with Gasteiger partial charge in [-0.25, -0.2) is 27.2 Å². The van der Waals surface area contributed by atoms with Gasteiger partial charge in [0.05, 0.1) is 16.6 Å². The molecule has 0 spiro atoms. The van der Waals surface area contributed by atoms with E-state index in [9.17, 15) is 26.7 Å². The van der Waals surface area contributed by atoms with Gasteiger partial charge in [-0.15, -0.1) is 11.3 Å². The van der Waals surface area contributed by atoms with Crippen molar-refractivity contribution in [3.05, 3.63) is 105 Å². The molecule has 2 aliphatic carbocycles. The molecule has 3 unspecified atom stereocenters. The number of aliphatic imine (C=N–C) groups is 1. The van der Waals surface area contributed by atoms with Gasteiger partial charge in [0.15, 0.2) is 10.8 Å². The Labute approximate surface area is 289 Å². The van der Waals surface area contributed by atoms with Crippen LogP contribution in [-0.2, 0) is 15.6 Å². The minimum Gasteiger partial charge on any atom is -0.383 e. The number of aliphatic hydroxyl groups is 1. The largest absolute Gasteiger partial charge is 0.383 e. The Morgan fingerprint density at radius 3 is 2.53 bits per heavy atom. The van der Waals surface area contributed by atoms with Crippen molar-refractivity contribution >= 4 is 44.4 Å². The van der Waals surface area contributed by atoms with E-state index >= 15 is 0 Å². The summed E-state index contributed by atoms with van der Waals surface area (Å²) in [7, 11) is -3.87. The molecule has 16 heteroatoms. The van der Waals surface area contributed by atoms with E-state index in [0.717, 1.165) is 0 Å². The highest BCUT2D eigenvalue weighted by molar-refractivity contribution is 7.90. The van der Waals surface area contributed by atoms with Crippen LogP contribution in [0.2, 0.25) is 5.02 Å². The molecule has 5 heterocycles. The number of hydrogen-bond donors (Lipinski definition) is 2. The van der Waals surface area contributed by atoms with Crippen molar-refractivity contribution in [2.75, 3.05) is 6.54 Å². The third-order valence-electron chi connectivity index (χ3n) is 10.3. The van der Waals surface area contributed by atoms with Crippen molar-refractivity contribution in [1.82, 2.24) is 29.4 Å². The zero-order valence-electron chi connectivity index (χ0n) is 25.8. The summed E-state index contributed by atoms with van der Waals surface area (Å²) in [5, 5.41) is 17.7. The van der Waals surface area contributed by atoms with Gasteiger partial charge in [0.1, 0.15) is 17.5 Å². The molecule has 1 aromatic carbocycles. The molecular formula is C33H31ClF3N7O3S2. The molecule has 0 radical (unpaired) electrons. The molecule has 10 nitrogen and oxygen atoms in total. The maximum Gasteiger partial charge on any atom is 0.333 e. The Bertz CT molecular complexity index is 2050. The second-order valence-corrected chi connectivity index (χ2v) is 16.3. The summed E-state index contributed by atoms with van der Waals surface area (Å²) in [4.78, 5) is 15.8. The van der Waals surface area contributed by atoms with Crippen molar-refractivity contribution in [2.45, 2.75) is 61.6 Å². The third kappa shape index (κ3) is 5.59. The molecule has 2 saturated carbocycles. The lowest BCUT2D eigenvalue weighted by atomic mass is 9.72. The van der Waals surface area contributed by atoms with Gasteiger partial charge >= 0.3 is 6.55 Å². The first-order valence-electron chi connectivity index (χ1n) is 15.9. The molecule has 6 atom stereocenters. The van der Waals surface area contributed by atoms with Crippen LogP contribution in [0.25, 0.3) is 5.57 Å². The van der Waals surface area contributed by atoms with Gasteiger partial charge in [-0.1, -0.05) is 23.7 Å². The molecule has 4 aliphatic rings. The highest BCUT2D eigenvalue weighted by Crippen LogP contribution is 2.56. The highest BCUT2D eigenvalue weighted by atomic mass is 35.5. The van der Waals surface area contributed by atoms with Crippen LogP contribution in [0, 0.1) is 17.7 Å². The first-order chi connectivity index (χ1) is 23.5. The van der Waals surface area contributed by atoms with Crippen LogP contribution >= 0.6 is 22.9 Å². The molecule has 2 aliphatic heterocycles. The van der Waals surface area contributed by atoms with Crippen molar-refractivity contribution in [3.8, 4) is 0 Å². The number of fused-ring (bicyclic) bond motifs is 3. The summed E-state index contributed by atoms with van der Waals surface area (Å²) < 4.78 is 73.2. The molecule has 3 fully saturated rings. The molecule has 2 bridgehead atoms. The minimum atomic E-state index is -3.87. The predicted molar refractivity (Wildman–Crippen MR) is 178 cm³/mol. The quantitative estimate of drug-likeness (QED) is 0.231. The van der Waals surface area contributed by atoms with E-state index in [2.05, 4.69) is 19.8 Å². The van der Waals surface area contributed by atoms with Gasteiger partial charge in [-0.2, -0.15) is 13.9 Å². The smallest absolute Gasteiger partial charge is 0.333 e. The summed E-state index contributed by atoms with van der Waals surface area (Å²) in [6.07, 6.45) is 6.66. The molecule has 8 rings (SSSR count).